The van der Waals surface area contributed by atoms with Crippen molar-refractivity contribution < 1.29 is 0 Å². The molecular weight excluding hydrogens is 276 g/mol. The maximum atomic E-state index is 8.86. The maximum absolute atomic E-state index is 8.86. The SMILES string of the molecule is CC(C#N)Sc1nc(N)c2c3c(sc2n1)CCCC3. The lowest BCUT2D eigenvalue weighted by atomic mass is 9.97. The number of anilines is 1. The predicted molar refractivity (Wildman–Crippen MR) is 79.4 cm³/mol. The average Bonchev–Trinajstić information content (AvgIpc) is 2.76. The van der Waals surface area contributed by atoms with Gasteiger partial charge in [-0.15, -0.1) is 11.3 Å². The summed E-state index contributed by atoms with van der Waals surface area (Å²) in [6, 6.07) is 2.18. The second-order valence-electron chi connectivity index (χ2n) is 4.67. The number of aryl methyl sites for hydroxylation is 2. The highest BCUT2D eigenvalue weighted by Crippen LogP contribution is 2.38. The number of nitrogen functional groups attached to an aromatic ring is 1. The van der Waals surface area contributed by atoms with E-state index in [2.05, 4.69) is 16.0 Å². The van der Waals surface area contributed by atoms with E-state index >= 15 is 0 Å². The van der Waals surface area contributed by atoms with Gasteiger partial charge in [0, 0.05) is 4.88 Å². The summed E-state index contributed by atoms with van der Waals surface area (Å²) in [4.78, 5) is 11.3. The second kappa shape index (κ2) is 4.99. The smallest absolute Gasteiger partial charge is 0.192 e. The highest BCUT2D eigenvalue weighted by atomic mass is 32.2. The van der Waals surface area contributed by atoms with Gasteiger partial charge < -0.3 is 5.73 Å². The molecule has 4 nitrogen and oxygen atoms in total. The van der Waals surface area contributed by atoms with Crippen molar-refractivity contribution in [1.82, 2.24) is 9.97 Å². The van der Waals surface area contributed by atoms with E-state index in [0.717, 1.165) is 23.1 Å². The molecule has 1 aliphatic carbocycles. The number of fused-ring (bicyclic) bond motifs is 3. The van der Waals surface area contributed by atoms with Crippen molar-refractivity contribution in [1.29, 1.82) is 5.26 Å². The molecule has 0 aliphatic heterocycles. The van der Waals surface area contributed by atoms with Crippen LogP contribution < -0.4 is 5.73 Å². The fourth-order valence-corrected chi connectivity index (χ4v) is 4.39. The van der Waals surface area contributed by atoms with E-state index in [-0.39, 0.29) is 5.25 Å². The summed E-state index contributed by atoms with van der Waals surface area (Å²) < 4.78 is 0. The minimum absolute atomic E-state index is 0.161. The van der Waals surface area contributed by atoms with Crippen LogP contribution in [-0.4, -0.2) is 15.2 Å². The lowest BCUT2D eigenvalue weighted by Crippen LogP contribution is -2.02. The number of thioether (sulfide) groups is 1. The van der Waals surface area contributed by atoms with Crippen LogP contribution in [0.2, 0.25) is 0 Å². The normalized spacial score (nSPS) is 16.0. The Labute approximate surface area is 120 Å². The molecule has 0 radical (unpaired) electrons. The molecule has 0 amide bonds. The third-order valence-electron chi connectivity index (χ3n) is 3.29. The van der Waals surface area contributed by atoms with Crippen LogP contribution in [0.4, 0.5) is 5.82 Å². The van der Waals surface area contributed by atoms with Gasteiger partial charge in [0.25, 0.3) is 0 Å². The highest BCUT2D eigenvalue weighted by molar-refractivity contribution is 8.00. The molecule has 6 heteroatoms. The van der Waals surface area contributed by atoms with Crippen molar-refractivity contribution in [3.63, 3.8) is 0 Å². The third kappa shape index (κ3) is 2.28. The van der Waals surface area contributed by atoms with Gasteiger partial charge in [0.15, 0.2) is 5.16 Å². The van der Waals surface area contributed by atoms with Crippen molar-refractivity contribution >= 4 is 39.1 Å². The van der Waals surface area contributed by atoms with Crippen molar-refractivity contribution in [2.75, 3.05) is 5.73 Å². The van der Waals surface area contributed by atoms with E-state index in [1.165, 1.54) is 35.0 Å². The lowest BCUT2D eigenvalue weighted by Gasteiger charge is -2.10. The Morgan fingerprint density at radius 1 is 1.37 bits per heavy atom. The van der Waals surface area contributed by atoms with Crippen molar-refractivity contribution in [3.05, 3.63) is 10.4 Å². The fourth-order valence-electron chi connectivity index (χ4n) is 2.40. The number of aromatic nitrogens is 2. The highest BCUT2D eigenvalue weighted by Gasteiger charge is 2.20. The van der Waals surface area contributed by atoms with Crippen LogP contribution >= 0.6 is 23.1 Å². The zero-order valence-electron chi connectivity index (χ0n) is 10.6. The number of hydrogen-bond acceptors (Lipinski definition) is 6. The van der Waals surface area contributed by atoms with Gasteiger partial charge in [-0.25, -0.2) is 9.97 Å². The van der Waals surface area contributed by atoms with Crippen molar-refractivity contribution in [3.8, 4) is 6.07 Å². The Bertz CT molecular complexity index is 671. The van der Waals surface area contributed by atoms with Gasteiger partial charge in [0.1, 0.15) is 10.6 Å². The molecule has 0 bridgehead atoms. The van der Waals surface area contributed by atoms with Crippen LogP contribution in [0.3, 0.4) is 0 Å². The Kier molecular flexibility index (Phi) is 3.33. The summed E-state index contributed by atoms with van der Waals surface area (Å²) in [6.07, 6.45) is 4.69. The molecule has 2 aromatic rings. The van der Waals surface area contributed by atoms with Gasteiger partial charge in [0.05, 0.1) is 16.7 Å². The number of nitrogens with two attached hydrogens (primary N) is 1. The molecule has 0 spiro atoms. The average molecular weight is 290 g/mol. The summed E-state index contributed by atoms with van der Waals surface area (Å²) in [5.74, 6) is 0.567. The van der Waals surface area contributed by atoms with E-state index < -0.39 is 0 Å². The number of nitrogens with zero attached hydrogens (tertiary/aromatic N) is 3. The number of nitriles is 1. The zero-order valence-corrected chi connectivity index (χ0v) is 12.3. The third-order valence-corrected chi connectivity index (χ3v) is 5.32. The van der Waals surface area contributed by atoms with E-state index in [4.69, 9.17) is 11.0 Å². The van der Waals surface area contributed by atoms with Crippen LogP contribution in [0.25, 0.3) is 10.2 Å². The van der Waals surface area contributed by atoms with Crippen LogP contribution in [0, 0.1) is 11.3 Å². The molecule has 0 fully saturated rings. The first kappa shape index (κ1) is 12.7. The molecule has 0 saturated carbocycles. The van der Waals surface area contributed by atoms with E-state index in [9.17, 15) is 0 Å². The second-order valence-corrected chi connectivity index (χ2v) is 7.06. The summed E-state index contributed by atoms with van der Waals surface area (Å²) in [6.45, 7) is 1.84. The minimum atomic E-state index is -0.161. The summed E-state index contributed by atoms with van der Waals surface area (Å²) in [5.41, 5.74) is 7.46. The van der Waals surface area contributed by atoms with Crippen LogP contribution in [0.1, 0.15) is 30.2 Å². The summed E-state index contributed by atoms with van der Waals surface area (Å²) in [7, 11) is 0. The summed E-state index contributed by atoms with van der Waals surface area (Å²) >= 11 is 3.10. The maximum Gasteiger partial charge on any atom is 0.192 e. The molecule has 1 unspecified atom stereocenters. The zero-order chi connectivity index (χ0) is 13.4. The molecule has 0 aromatic carbocycles. The fraction of sp³-hybridized carbons (Fsp3) is 0.462. The van der Waals surface area contributed by atoms with E-state index in [1.807, 2.05) is 6.92 Å². The molecule has 19 heavy (non-hydrogen) atoms. The molecule has 2 heterocycles. The Balaban J connectivity index is 2.09. The Hall–Kier alpha value is -1.32. The first-order chi connectivity index (χ1) is 9.19. The Morgan fingerprint density at radius 2 is 2.16 bits per heavy atom. The van der Waals surface area contributed by atoms with E-state index in [0.29, 0.717) is 11.0 Å². The van der Waals surface area contributed by atoms with Crippen LogP contribution in [0.5, 0.6) is 0 Å². The molecule has 1 aliphatic rings. The van der Waals surface area contributed by atoms with Gasteiger partial charge >= 0.3 is 0 Å². The van der Waals surface area contributed by atoms with E-state index in [1.54, 1.807) is 11.3 Å². The Morgan fingerprint density at radius 3 is 2.95 bits per heavy atom. The topological polar surface area (TPSA) is 75.6 Å². The molecule has 98 valence electrons. The molecule has 3 rings (SSSR count). The molecule has 1 atom stereocenters. The van der Waals surface area contributed by atoms with Gasteiger partial charge in [0.2, 0.25) is 0 Å². The van der Waals surface area contributed by atoms with Gasteiger partial charge in [-0.2, -0.15) is 5.26 Å². The molecular formula is C13H14N4S2. The standard InChI is InChI=1S/C13H14N4S2/c1-7(6-14)18-13-16-11(15)10-8-4-2-3-5-9(8)19-12(10)17-13/h7H,2-5H2,1H3,(H2,15,16,17). The summed E-state index contributed by atoms with van der Waals surface area (Å²) in [5, 5.41) is 10.4. The van der Waals surface area contributed by atoms with Crippen LogP contribution in [-0.2, 0) is 12.8 Å². The number of rotatable bonds is 2. The first-order valence-corrected chi connectivity index (χ1v) is 8.02. The number of hydrogen-bond donors (Lipinski definition) is 1. The van der Waals surface area contributed by atoms with Crippen LogP contribution in [0.15, 0.2) is 5.16 Å². The lowest BCUT2D eigenvalue weighted by molar-refractivity contribution is 0.700. The first-order valence-electron chi connectivity index (χ1n) is 6.33. The van der Waals surface area contributed by atoms with Crippen molar-refractivity contribution in [2.24, 2.45) is 0 Å². The molecule has 2 N–H and O–H groups in total. The largest absolute Gasteiger partial charge is 0.383 e. The molecule has 0 saturated heterocycles. The predicted octanol–water partition coefficient (Wildman–Crippen LogP) is 3.16. The van der Waals surface area contributed by atoms with Gasteiger partial charge in [-0.3, -0.25) is 0 Å². The minimum Gasteiger partial charge on any atom is -0.383 e. The number of thiophene rings is 1. The van der Waals surface area contributed by atoms with Gasteiger partial charge in [-0.1, -0.05) is 11.8 Å². The van der Waals surface area contributed by atoms with Crippen molar-refractivity contribution in [2.45, 2.75) is 43.0 Å². The quantitative estimate of drug-likeness (QED) is 0.679. The monoisotopic (exact) mass is 290 g/mol. The van der Waals surface area contributed by atoms with Gasteiger partial charge in [-0.05, 0) is 38.2 Å². The molecule has 2 aromatic heterocycles.